The summed E-state index contributed by atoms with van der Waals surface area (Å²) in [5, 5.41) is 0.438. The van der Waals surface area contributed by atoms with Crippen LogP contribution in [0.15, 0.2) is 92.6 Å². The Morgan fingerprint density at radius 3 is 1.65 bits per heavy atom. The van der Waals surface area contributed by atoms with Crippen molar-refractivity contribution in [3.8, 4) is 0 Å². The van der Waals surface area contributed by atoms with Gasteiger partial charge in [-0.05, 0) is 89.0 Å². The maximum absolute atomic E-state index is 2.48. The highest BCUT2D eigenvalue weighted by atomic mass is 32.2. The predicted molar refractivity (Wildman–Crippen MR) is 172 cm³/mol. The van der Waals surface area contributed by atoms with Crippen LogP contribution < -0.4 is 0 Å². The standard InChI is InChI=1S/C35H48S2/c1-32(2,3)28-20-24(21-29(36-28)33(4,5)6)18-27(26-16-14-13-15-17-26)19-25-22-30(34(7,8)9)37-31(23-25)35(10,11)12/h13-23,28H,1-12H3. The van der Waals surface area contributed by atoms with Gasteiger partial charge in [0.2, 0.25) is 0 Å². The van der Waals surface area contributed by atoms with Crippen molar-refractivity contribution >= 4 is 29.1 Å². The van der Waals surface area contributed by atoms with Crippen LogP contribution in [0.25, 0.3) is 5.57 Å². The fourth-order valence-corrected chi connectivity index (χ4v) is 6.68. The Labute approximate surface area is 236 Å². The van der Waals surface area contributed by atoms with E-state index in [9.17, 15) is 0 Å². The molecule has 0 nitrogen and oxygen atoms in total. The van der Waals surface area contributed by atoms with Gasteiger partial charge in [0.25, 0.3) is 0 Å². The van der Waals surface area contributed by atoms with E-state index in [2.05, 4.69) is 150 Å². The van der Waals surface area contributed by atoms with Gasteiger partial charge in [-0.2, -0.15) is 0 Å². The van der Waals surface area contributed by atoms with E-state index in [-0.39, 0.29) is 21.7 Å². The van der Waals surface area contributed by atoms with Crippen LogP contribution in [0.4, 0.5) is 0 Å². The Morgan fingerprint density at radius 2 is 1.19 bits per heavy atom. The summed E-state index contributed by atoms with van der Waals surface area (Å²) in [6.07, 6.45) is 14.5. The Hall–Kier alpha value is -1.64. The summed E-state index contributed by atoms with van der Waals surface area (Å²) in [6, 6.07) is 10.9. The minimum Gasteiger partial charge on any atom is -0.122 e. The van der Waals surface area contributed by atoms with Gasteiger partial charge < -0.3 is 0 Å². The van der Waals surface area contributed by atoms with E-state index in [1.54, 1.807) is 0 Å². The average Bonchev–Trinajstić information content (AvgIpc) is 2.76. The van der Waals surface area contributed by atoms with Gasteiger partial charge in [-0.25, -0.2) is 0 Å². The van der Waals surface area contributed by atoms with Crippen molar-refractivity contribution in [3.05, 3.63) is 98.2 Å². The summed E-state index contributed by atoms with van der Waals surface area (Å²) < 4.78 is 0. The van der Waals surface area contributed by atoms with E-state index >= 15 is 0 Å². The summed E-state index contributed by atoms with van der Waals surface area (Å²) in [4.78, 5) is 4.31. The zero-order chi connectivity index (χ0) is 27.8. The second-order valence-electron chi connectivity index (χ2n) is 14.6. The molecule has 2 aliphatic heterocycles. The Bertz CT molecular complexity index is 1140. The van der Waals surface area contributed by atoms with Gasteiger partial charge in [-0.15, -0.1) is 11.8 Å². The van der Waals surface area contributed by atoms with Crippen molar-refractivity contribution in [1.29, 1.82) is 0 Å². The SMILES string of the molecule is CC(C)(C)C1=CC(=CC(=CC2=CC(C(C)(C)C)SC(C(C)(C)C)=C2)c2ccccc2)C=C(C(C)(C)C)S1. The van der Waals surface area contributed by atoms with Crippen LogP contribution >= 0.6 is 23.5 Å². The second kappa shape index (κ2) is 10.9. The van der Waals surface area contributed by atoms with Gasteiger partial charge in [-0.1, -0.05) is 131 Å². The maximum atomic E-state index is 2.48. The van der Waals surface area contributed by atoms with Gasteiger partial charge in [0.15, 0.2) is 0 Å². The Kier molecular flexibility index (Phi) is 8.77. The average molecular weight is 533 g/mol. The lowest BCUT2D eigenvalue weighted by atomic mass is 9.88. The second-order valence-corrected chi connectivity index (χ2v) is 16.8. The smallest absolute Gasteiger partial charge is 0.0328 e. The first-order valence-corrected chi connectivity index (χ1v) is 15.3. The maximum Gasteiger partial charge on any atom is 0.0328 e. The molecule has 0 N–H and O–H groups in total. The quantitative estimate of drug-likeness (QED) is 0.379. The summed E-state index contributed by atoms with van der Waals surface area (Å²) >= 11 is 3.98. The zero-order valence-corrected chi connectivity index (χ0v) is 26.9. The van der Waals surface area contributed by atoms with Crippen molar-refractivity contribution in [2.75, 3.05) is 0 Å². The molecule has 0 amide bonds. The summed E-state index contributed by atoms with van der Waals surface area (Å²) in [5.74, 6) is 0. The number of hydrogen-bond donors (Lipinski definition) is 0. The van der Waals surface area contributed by atoms with Crippen LogP contribution in [0, 0.1) is 21.7 Å². The van der Waals surface area contributed by atoms with Gasteiger partial charge in [0.05, 0.1) is 0 Å². The van der Waals surface area contributed by atoms with Crippen molar-refractivity contribution in [1.82, 2.24) is 0 Å². The normalized spacial score (nSPS) is 20.2. The molecule has 3 rings (SSSR count). The molecule has 0 bridgehead atoms. The van der Waals surface area contributed by atoms with Crippen molar-refractivity contribution in [3.63, 3.8) is 0 Å². The van der Waals surface area contributed by atoms with Crippen LogP contribution in [0.3, 0.4) is 0 Å². The minimum absolute atomic E-state index is 0.110. The minimum atomic E-state index is 0.110. The fraction of sp³-hybridized carbons (Fsp3) is 0.486. The molecule has 2 aliphatic rings. The van der Waals surface area contributed by atoms with E-state index in [0.717, 1.165) is 0 Å². The third-order valence-corrected chi connectivity index (χ3v) is 10.5. The van der Waals surface area contributed by atoms with Gasteiger partial charge >= 0.3 is 0 Å². The van der Waals surface area contributed by atoms with Gasteiger partial charge in [-0.3, -0.25) is 0 Å². The van der Waals surface area contributed by atoms with E-state index in [0.29, 0.717) is 5.25 Å². The topological polar surface area (TPSA) is 0 Å². The van der Waals surface area contributed by atoms with Crippen LogP contribution in [-0.4, -0.2) is 5.25 Å². The highest BCUT2D eigenvalue weighted by molar-refractivity contribution is 8.06. The Morgan fingerprint density at radius 1 is 0.676 bits per heavy atom. The first kappa shape index (κ1) is 29.9. The summed E-state index contributed by atoms with van der Waals surface area (Å²) in [5.41, 5.74) is 5.63. The lowest BCUT2D eigenvalue weighted by Gasteiger charge is -2.35. The number of benzene rings is 1. The monoisotopic (exact) mass is 532 g/mol. The lowest BCUT2D eigenvalue weighted by Crippen LogP contribution is -2.25. The molecule has 0 radical (unpaired) electrons. The summed E-state index contributed by atoms with van der Waals surface area (Å²) in [6.45, 7) is 28.0. The third kappa shape index (κ3) is 8.17. The highest BCUT2D eigenvalue weighted by Crippen LogP contribution is 2.49. The van der Waals surface area contributed by atoms with Crippen molar-refractivity contribution in [2.45, 2.75) is 88.3 Å². The molecule has 1 unspecified atom stereocenters. The van der Waals surface area contributed by atoms with Gasteiger partial charge in [0, 0.05) is 5.25 Å². The van der Waals surface area contributed by atoms with Crippen LogP contribution in [0.5, 0.6) is 0 Å². The zero-order valence-electron chi connectivity index (χ0n) is 25.2. The molecule has 0 spiro atoms. The largest absolute Gasteiger partial charge is 0.122 e. The third-order valence-electron chi connectivity index (χ3n) is 6.53. The fourth-order valence-electron chi connectivity index (χ4n) is 4.03. The predicted octanol–water partition coefficient (Wildman–Crippen LogP) is 11.6. The van der Waals surface area contributed by atoms with E-state index < -0.39 is 0 Å². The molecule has 0 saturated heterocycles. The molecule has 1 aromatic carbocycles. The first-order chi connectivity index (χ1) is 16.8. The van der Waals surface area contributed by atoms with E-state index in [1.165, 1.54) is 37.0 Å². The number of thioether (sulfide) groups is 2. The molecule has 37 heavy (non-hydrogen) atoms. The lowest BCUT2D eigenvalue weighted by molar-refractivity contribution is 0.430. The van der Waals surface area contributed by atoms with Crippen LogP contribution in [0.2, 0.25) is 0 Å². The molecule has 0 fully saturated rings. The molecule has 200 valence electrons. The molecule has 0 saturated carbocycles. The van der Waals surface area contributed by atoms with Crippen LogP contribution in [0.1, 0.15) is 88.6 Å². The van der Waals surface area contributed by atoms with Crippen molar-refractivity contribution in [2.24, 2.45) is 21.7 Å². The number of allylic oxidation sites excluding steroid dienone is 11. The Balaban J connectivity index is 2.22. The number of rotatable bonds is 3. The van der Waals surface area contributed by atoms with Crippen LogP contribution in [-0.2, 0) is 0 Å². The molecule has 2 heteroatoms. The first-order valence-electron chi connectivity index (χ1n) is 13.6. The molecule has 1 atom stereocenters. The van der Waals surface area contributed by atoms with Crippen molar-refractivity contribution < 1.29 is 0 Å². The molecule has 0 aliphatic carbocycles. The van der Waals surface area contributed by atoms with E-state index in [1.807, 2.05) is 23.5 Å². The molecule has 1 aromatic rings. The van der Waals surface area contributed by atoms with E-state index in [4.69, 9.17) is 0 Å². The van der Waals surface area contributed by atoms with Gasteiger partial charge in [0.1, 0.15) is 0 Å². The molecular weight excluding hydrogens is 485 g/mol. The molecular formula is C35H48S2. The molecule has 0 aromatic heterocycles. The summed E-state index contributed by atoms with van der Waals surface area (Å²) in [7, 11) is 0. The molecule has 2 heterocycles. The number of hydrogen-bond acceptors (Lipinski definition) is 2. The highest BCUT2D eigenvalue weighted by Gasteiger charge is 2.31.